The largest absolute Gasteiger partial charge is 0.373 e. The summed E-state index contributed by atoms with van der Waals surface area (Å²) < 4.78 is 12.7. The fourth-order valence-electron chi connectivity index (χ4n) is 1.90. The molecule has 0 radical (unpaired) electrons. The molecule has 0 spiro atoms. The molecule has 0 aliphatic carbocycles. The number of nitrogens with one attached hydrogen (secondary N) is 1. The van der Waals surface area contributed by atoms with E-state index in [1.54, 1.807) is 14.1 Å². The summed E-state index contributed by atoms with van der Waals surface area (Å²) in [5, 5.41) is 5.48. The average molecular weight is 251 g/mol. The molecule has 1 aromatic rings. The highest BCUT2D eigenvalue weighted by Crippen LogP contribution is 2.19. The zero-order chi connectivity index (χ0) is 13.3. The molecule has 0 bridgehead atoms. The van der Waals surface area contributed by atoms with Crippen LogP contribution in [0.1, 0.15) is 6.42 Å². The van der Waals surface area contributed by atoms with Gasteiger partial charge in [-0.3, -0.25) is 9.59 Å². The topological polar surface area (TPSA) is 52.6 Å². The highest BCUT2D eigenvalue weighted by atomic mass is 19.1. The van der Waals surface area contributed by atoms with Crippen LogP contribution in [0.2, 0.25) is 0 Å². The molecule has 1 heterocycles. The molecule has 1 aliphatic rings. The minimum absolute atomic E-state index is 0.106. The molecule has 18 heavy (non-hydrogen) atoms. The van der Waals surface area contributed by atoms with Crippen LogP contribution < -0.4 is 5.32 Å². The predicted molar refractivity (Wildman–Crippen MR) is 64.0 cm³/mol. The number of carbonyl (C=O) groups excluding carboxylic acids is 2. The van der Waals surface area contributed by atoms with Crippen molar-refractivity contribution in [1.29, 1.82) is 0 Å². The summed E-state index contributed by atoms with van der Waals surface area (Å²) in [6.07, 6.45) is 0.106. The van der Waals surface area contributed by atoms with E-state index in [9.17, 15) is 14.0 Å². The number of imide groups is 1. The molecule has 6 heteroatoms. The monoisotopic (exact) mass is 251 g/mol. The number of halogens is 1. The van der Waals surface area contributed by atoms with Gasteiger partial charge in [0.1, 0.15) is 11.9 Å². The zero-order valence-corrected chi connectivity index (χ0v) is 10.2. The number of anilines is 1. The average Bonchev–Trinajstić information content (AvgIpc) is 2.57. The lowest BCUT2D eigenvalue weighted by Gasteiger charge is -2.22. The fourth-order valence-corrected chi connectivity index (χ4v) is 1.90. The maximum atomic E-state index is 12.7. The van der Waals surface area contributed by atoms with Crippen LogP contribution in [-0.4, -0.2) is 42.0 Å². The minimum Gasteiger partial charge on any atom is -0.373 e. The molecule has 0 aromatic heterocycles. The van der Waals surface area contributed by atoms with E-state index < -0.39 is 6.04 Å². The van der Waals surface area contributed by atoms with Crippen molar-refractivity contribution in [2.24, 2.45) is 0 Å². The molecule has 2 amide bonds. The van der Waals surface area contributed by atoms with Gasteiger partial charge in [-0.05, 0) is 24.3 Å². The van der Waals surface area contributed by atoms with E-state index in [-0.39, 0.29) is 24.1 Å². The number of rotatable bonds is 3. The van der Waals surface area contributed by atoms with Crippen LogP contribution in [0.25, 0.3) is 0 Å². The first-order valence-corrected chi connectivity index (χ1v) is 5.55. The third-order valence-corrected chi connectivity index (χ3v) is 2.71. The quantitative estimate of drug-likeness (QED) is 0.809. The van der Waals surface area contributed by atoms with Crippen LogP contribution in [0.5, 0.6) is 0 Å². The Morgan fingerprint density at radius 1 is 1.28 bits per heavy atom. The first-order valence-electron chi connectivity index (χ1n) is 5.55. The highest BCUT2D eigenvalue weighted by Gasteiger charge is 2.39. The second-order valence-electron chi connectivity index (χ2n) is 4.30. The fraction of sp³-hybridized carbons (Fsp3) is 0.333. The van der Waals surface area contributed by atoms with Gasteiger partial charge in [-0.2, -0.15) is 0 Å². The molecule has 1 aromatic carbocycles. The van der Waals surface area contributed by atoms with E-state index in [0.717, 1.165) is 5.01 Å². The first-order chi connectivity index (χ1) is 8.49. The van der Waals surface area contributed by atoms with E-state index in [0.29, 0.717) is 5.69 Å². The van der Waals surface area contributed by atoms with Crippen LogP contribution in [0.4, 0.5) is 10.1 Å². The van der Waals surface area contributed by atoms with Crippen molar-refractivity contribution in [2.45, 2.75) is 12.5 Å². The van der Waals surface area contributed by atoms with Crippen molar-refractivity contribution in [3.8, 4) is 0 Å². The number of amides is 2. The van der Waals surface area contributed by atoms with Gasteiger partial charge >= 0.3 is 0 Å². The Labute approximate surface area is 104 Å². The third kappa shape index (κ3) is 2.33. The molecule has 96 valence electrons. The van der Waals surface area contributed by atoms with E-state index in [1.165, 1.54) is 29.3 Å². The van der Waals surface area contributed by atoms with Crippen LogP contribution in [0, 0.1) is 5.82 Å². The molecule has 1 atom stereocenters. The first kappa shape index (κ1) is 12.5. The summed E-state index contributed by atoms with van der Waals surface area (Å²) in [5.41, 5.74) is 0.614. The molecular weight excluding hydrogens is 237 g/mol. The summed E-state index contributed by atoms with van der Waals surface area (Å²) in [5.74, 6) is -0.886. The van der Waals surface area contributed by atoms with Gasteiger partial charge < -0.3 is 5.32 Å². The lowest BCUT2D eigenvalue weighted by molar-refractivity contribution is -0.152. The summed E-state index contributed by atoms with van der Waals surface area (Å²) in [7, 11) is 3.27. The summed E-state index contributed by atoms with van der Waals surface area (Å²) in [6, 6.07) is 5.07. The Bertz CT molecular complexity index is 473. The maximum Gasteiger partial charge on any atom is 0.266 e. The Morgan fingerprint density at radius 3 is 2.39 bits per heavy atom. The highest BCUT2D eigenvalue weighted by molar-refractivity contribution is 6.06. The molecule has 1 N–H and O–H groups in total. The number of hydrazine groups is 1. The van der Waals surface area contributed by atoms with Gasteiger partial charge in [0.05, 0.1) is 6.42 Å². The lowest BCUT2D eigenvalue weighted by atomic mass is 10.2. The standard InChI is InChI=1S/C12H14FN3O2/c1-15(2)16-11(17)7-10(12(16)18)14-9-5-3-8(13)4-6-9/h3-6,10,14H,7H2,1-2H3. The number of benzene rings is 1. The second-order valence-corrected chi connectivity index (χ2v) is 4.30. The van der Waals surface area contributed by atoms with E-state index in [1.807, 2.05) is 0 Å². The number of nitrogens with zero attached hydrogens (tertiary/aromatic N) is 2. The molecule has 1 saturated heterocycles. The third-order valence-electron chi connectivity index (χ3n) is 2.71. The van der Waals surface area contributed by atoms with E-state index >= 15 is 0 Å². The van der Waals surface area contributed by atoms with Crippen molar-refractivity contribution in [1.82, 2.24) is 10.0 Å². The van der Waals surface area contributed by atoms with Gasteiger partial charge in [-0.1, -0.05) is 0 Å². The van der Waals surface area contributed by atoms with Gasteiger partial charge in [0.25, 0.3) is 5.91 Å². The Hall–Kier alpha value is -1.95. The number of hydrogen-bond donors (Lipinski definition) is 1. The number of hydrogen-bond acceptors (Lipinski definition) is 4. The molecule has 0 saturated carbocycles. The van der Waals surface area contributed by atoms with Crippen molar-refractivity contribution in [2.75, 3.05) is 19.4 Å². The normalized spacial score (nSPS) is 19.8. The SMILES string of the molecule is CN(C)N1C(=O)CC(Nc2ccc(F)cc2)C1=O. The second kappa shape index (κ2) is 4.73. The van der Waals surface area contributed by atoms with Gasteiger partial charge in [-0.25, -0.2) is 14.4 Å². The Kier molecular flexibility index (Phi) is 3.29. The molecular formula is C12H14FN3O2. The van der Waals surface area contributed by atoms with Crippen LogP contribution in [-0.2, 0) is 9.59 Å². The maximum absolute atomic E-state index is 12.7. The number of carbonyl (C=O) groups is 2. The van der Waals surface area contributed by atoms with E-state index in [2.05, 4.69) is 5.32 Å². The van der Waals surface area contributed by atoms with Gasteiger partial charge in [0.15, 0.2) is 0 Å². The van der Waals surface area contributed by atoms with Gasteiger partial charge in [0.2, 0.25) is 5.91 Å². The summed E-state index contributed by atoms with van der Waals surface area (Å²) in [4.78, 5) is 23.6. The van der Waals surface area contributed by atoms with E-state index in [4.69, 9.17) is 0 Å². The smallest absolute Gasteiger partial charge is 0.266 e. The van der Waals surface area contributed by atoms with Gasteiger partial charge in [-0.15, -0.1) is 0 Å². The predicted octanol–water partition coefficient (Wildman–Crippen LogP) is 0.842. The zero-order valence-electron chi connectivity index (χ0n) is 10.2. The molecule has 1 fully saturated rings. The Morgan fingerprint density at radius 2 is 1.89 bits per heavy atom. The van der Waals surface area contributed by atoms with Crippen LogP contribution >= 0.6 is 0 Å². The van der Waals surface area contributed by atoms with Crippen molar-refractivity contribution in [3.63, 3.8) is 0 Å². The van der Waals surface area contributed by atoms with Crippen molar-refractivity contribution >= 4 is 17.5 Å². The Balaban J connectivity index is 2.10. The van der Waals surface area contributed by atoms with Crippen LogP contribution in [0.3, 0.4) is 0 Å². The molecule has 1 unspecified atom stereocenters. The summed E-state index contributed by atoms with van der Waals surface area (Å²) >= 11 is 0. The molecule has 1 aliphatic heterocycles. The summed E-state index contributed by atoms with van der Waals surface area (Å²) in [6.45, 7) is 0. The van der Waals surface area contributed by atoms with Crippen molar-refractivity contribution in [3.05, 3.63) is 30.1 Å². The molecule has 2 rings (SSSR count). The van der Waals surface area contributed by atoms with Gasteiger partial charge in [0, 0.05) is 19.8 Å². The lowest BCUT2D eigenvalue weighted by Crippen LogP contribution is -2.43. The molecule has 5 nitrogen and oxygen atoms in total. The minimum atomic E-state index is -0.592. The van der Waals surface area contributed by atoms with Crippen LogP contribution in [0.15, 0.2) is 24.3 Å². The van der Waals surface area contributed by atoms with Crippen molar-refractivity contribution < 1.29 is 14.0 Å².